The van der Waals surface area contributed by atoms with E-state index in [0.717, 1.165) is 24.1 Å². The van der Waals surface area contributed by atoms with Crippen LogP contribution in [0.2, 0.25) is 0 Å². The molecule has 9 heavy (non-hydrogen) atoms. The molecule has 0 aliphatic heterocycles. The van der Waals surface area contributed by atoms with Gasteiger partial charge in [0.25, 0.3) is 0 Å². The average molecular weight is 119 g/mol. The summed E-state index contributed by atoms with van der Waals surface area (Å²) < 4.78 is 0. The van der Waals surface area contributed by atoms with E-state index in [1.165, 1.54) is 0 Å². The van der Waals surface area contributed by atoms with E-state index in [1.54, 1.807) is 0 Å². The topological polar surface area (TPSA) is 26.0 Å². The molecule has 46 valence electrons. The lowest BCUT2D eigenvalue weighted by molar-refractivity contribution is 0.998. The molecule has 1 nitrogen and oxygen atoms in total. The Bertz CT molecular complexity index is 203. The molecule has 1 aliphatic rings. The maximum Gasteiger partial charge on any atom is 0.0429 e. The van der Waals surface area contributed by atoms with Crippen LogP contribution in [0.1, 0.15) is 12.8 Å². The van der Waals surface area contributed by atoms with E-state index < -0.39 is 0 Å². The van der Waals surface area contributed by atoms with E-state index in [-0.39, 0.29) is 0 Å². The summed E-state index contributed by atoms with van der Waals surface area (Å²) in [4.78, 5) is 0. The van der Waals surface area contributed by atoms with Gasteiger partial charge in [-0.1, -0.05) is 18.1 Å². The van der Waals surface area contributed by atoms with E-state index in [4.69, 9.17) is 12.2 Å². The number of allylic oxidation sites excluding steroid dienone is 3. The molecule has 0 saturated carbocycles. The third-order valence-electron chi connectivity index (χ3n) is 1.35. The molecule has 1 rings (SSSR count). The molecule has 1 aliphatic carbocycles. The van der Waals surface area contributed by atoms with E-state index in [2.05, 4.69) is 5.92 Å². The van der Waals surface area contributed by atoms with Gasteiger partial charge in [0.2, 0.25) is 0 Å². The fraction of sp³-hybridized carbons (Fsp3) is 0.250. The van der Waals surface area contributed by atoms with Crippen molar-refractivity contribution in [2.45, 2.75) is 12.8 Å². The van der Waals surface area contributed by atoms with Crippen LogP contribution in [-0.4, -0.2) is 0 Å². The van der Waals surface area contributed by atoms with Gasteiger partial charge in [-0.2, -0.15) is 0 Å². The van der Waals surface area contributed by atoms with E-state index in [0.29, 0.717) is 0 Å². The molecule has 2 N–H and O–H groups in total. The molecule has 1 heteroatoms. The summed E-state index contributed by atoms with van der Waals surface area (Å²) in [6.45, 7) is 0. The van der Waals surface area contributed by atoms with Crippen molar-refractivity contribution >= 4 is 0 Å². The highest BCUT2D eigenvalue weighted by atomic mass is 14.6. The van der Waals surface area contributed by atoms with Crippen LogP contribution in [0.5, 0.6) is 0 Å². The molecular formula is C8H9N. The fourth-order valence-electron chi connectivity index (χ4n) is 0.837. The highest BCUT2D eigenvalue weighted by Crippen LogP contribution is 2.12. The largest absolute Gasteiger partial charge is 0.398 e. The standard InChI is InChI=1S/C8H9N/c1-2-7-5-3-4-6-8(7)9/h1,5-6H,3-4,9H2. The van der Waals surface area contributed by atoms with Gasteiger partial charge in [-0.15, -0.1) is 6.42 Å². The lowest BCUT2D eigenvalue weighted by atomic mass is 10.1. The Balaban J connectivity index is 2.83. The first kappa shape index (κ1) is 5.97. The van der Waals surface area contributed by atoms with Gasteiger partial charge in [-0.25, -0.2) is 0 Å². The Hall–Kier alpha value is -1.16. The maximum atomic E-state index is 5.54. The first-order valence-corrected chi connectivity index (χ1v) is 2.97. The van der Waals surface area contributed by atoms with Crippen molar-refractivity contribution in [2.24, 2.45) is 5.73 Å². The third kappa shape index (κ3) is 1.14. The summed E-state index contributed by atoms with van der Waals surface area (Å²) in [5.74, 6) is 2.52. The van der Waals surface area contributed by atoms with E-state index >= 15 is 0 Å². The van der Waals surface area contributed by atoms with Gasteiger partial charge in [0, 0.05) is 11.3 Å². The minimum atomic E-state index is 0.753. The van der Waals surface area contributed by atoms with Crippen LogP contribution in [0, 0.1) is 12.3 Å². The fourth-order valence-corrected chi connectivity index (χ4v) is 0.837. The van der Waals surface area contributed by atoms with Crippen molar-refractivity contribution in [1.29, 1.82) is 0 Å². The minimum Gasteiger partial charge on any atom is -0.398 e. The second-order valence-electron chi connectivity index (χ2n) is 2.00. The van der Waals surface area contributed by atoms with Gasteiger partial charge in [-0.3, -0.25) is 0 Å². The van der Waals surface area contributed by atoms with E-state index in [1.807, 2.05) is 12.2 Å². The normalized spacial score (nSPS) is 17.7. The van der Waals surface area contributed by atoms with Crippen LogP contribution in [0.3, 0.4) is 0 Å². The Morgan fingerprint density at radius 1 is 1.44 bits per heavy atom. The molecule has 0 bridgehead atoms. The predicted molar refractivity (Wildman–Crippen MR) is 38.4 cm³/mol. The SMILES string of the molecule is C#CC1=CCCC=C1N. The van der Waals surface area contributed by atoms with Gasteiger partial charge >= 0.3 is 0 Å². The quantitative estimate of drug-likeness (QED) is 0.476. The molecule has 0 aromatic carbocycles. The molecule has 0 saturated heterocycles. The maximum absolute atomic E-state index is 5.54. The Labute approximate surface area is 55.2 Å². The molecule has 0 fully saturated rings. The average Bonchev–Trinajstić information content (AvgIpc) is 1.89. The monoisotopic (exact) mass is 119 g/mol. The van der Waals surface area contributed by atoms with Crippen molar-refractivity contribution in [3.05, 3.63) is 23.4 Å². The molecular weight excluding hydrogens is 110 g/mol. The summed E-state index contributed by atoms with van der Waals surface area (Å²) in [5, 5.41) is 0. The van der Waals surface area contributed by atoms with Crippen LogP contribution in [0.15, 0.2) is 23.4 Å². The third-order valence-corrected chi connectivity index (χ3v) is 1.35. The summed E-state index contributed by atoms with van der Waals surface area (Å²) >= 11 is 0. The number of nitrogens with two attached hydrogens (primary N) is 1. The van der Waals surface area contributed by atoms with Crippen molar-refractivity contribution in [3.8, 4) is 12.3 Å². The van der Waals surface area contributed by atoms with Gasteiger partial charge in [-0.05, 0) is 12.8 Å². The van der Waals surface area contributed by atoms with E-state index in [9.17, 15) is 0 Å². The zero-order chi connectivity index (χ0) is 6.69. The zero-order valence-electron chi connectivity index (χ0n) is 5.22. The second kappa shape index (κ2) is 2.41. The lowest BCUT2D eigenvalue weighted by Crippen LogP contribution is -2.02. The second-order valence-corrected chi connectivity index (χ2v) is 2.00. The number of rotatable bonds is 0. The summed E-state index contributed by atoms with van der Waals surface area (Å²) in [5.41, 5.74) is 7.14. The molecule has 0 radical (unpaired) electrons. The van der Waals surface area contributed by atoms with Crippen molar-refractivity contribution in [1.82, 2.24) is 0 Å². The number of hydrogen-bond donors (Lipinski definition) is 1. The van der Waals surface area contributed by atoms with Crippen LogP contribution >= 0.6 is 0 Å². The first-order valence-electron chi connectivity index (χ1n) is 2.97. The van der Waals surface area contributed by atoms with Gasteiger partial charge in [0.1, 0.15) is 0 Å². The summed E-state index contributed by atoms with van der Waals surface area (Å²) in [6.07, 6.45) is 11.2. The highest BCUT2D eigenvalue weighted by molar-refractivity contribution is 5.43. The van der Waals surface area contributed by atoms with Crippen LogP contribution < -0.4 is 5.73 Å². The Morgan fingerprint density at radius 2 is 2.11 bits per heavy atom. The Kier molecular flexibility index (Phi) is 1.60. The van der Waals surface area contributed by atoms with Crippen molar-refractivity contribution in [3.63, 3.8) is 0 Å². The molecule has 0 aromatic rings. The highest BCUT2D eigenvalue weighted by Gasteiger charge is 1.99. The molecule has 0 unspecified atom stereocenters. The smallest absolute Gasteiger partial charge is 0.0429 e. The summed E-state index contributed by atoms with van der Waals surface area (Å²) in [6, 6.07) is 0. The van der Waals surface area contributed by atoms with Gasteiger partial charge in [0.05, 0.1) is 0 Å². The van der Waals surface area contributed by atoms with Crippen molar-refractivity contribution in [2.75, 3.05) is 0 Å². The minimum absolute atomic E-state index is 0.753. The lowest BCUT2D eigenvalue weighted by Gasteiger charge is -2.04. The van der Waals surface area contributed by atoms with Crippen LogP contribution in [0.25, 0.3) is 0 Å². The molecule has 0 aromatic heterocycles. The number of hydrogen-bond acceptors (Lipinski definition) is 1. The summed E-state index contributed by atoms with van der Waals surface area (Å²) in [7, 11) is 0. The molecule has 0 heterocycles. The zero-order valence-corrected chi connectivity index (χ0v) is 5.22. The molecule has 0 spiro atoms. The van der Waals surface area contributed by atoms with Gasteiger partial charge in [0.15, 0.2) is 0 Å². The predicted octanol–water partition coefficient (Wildman–Crippen LogP) is 1.18. The Morgan fingerprint density at radius 3 is 2.56 bits per heavy atom. The number of terminal acetylenes is 1. The van der Waals surface area contributed by atoms with Crippen LogP contribution in [0.4, 0.5) is 0 Å². The first-order chi connectivity index (χ1) is 4.34. The molecule has 0 amide bonds. The van der Waals surface area contributed by atoms with Gasteiger partial charge < -0.3 is 5.73 Å². The van der Waals surface area contributed by atoms with Crippen molar-refractivity contribution < 1.29 is 0 Å². The molecule has 0 atom stereocenters. The van der Waals surface area contributed by atoms with Crippen LogP contribution in [-0.2, 0) is 0 Å².